The van der Waals surface area contributed by atoms with Crippen LogP contribution in [0.3, 0.4) is 0 Å². The number of aromatic nitrogens is 2. The molecule has 0 atom stereocenters. The second-order valence-corrected chi connectivity index (χ2v) is 3.72. The molecule has 0 bridgehead atoms. The number of carbonyl (C=O) groups excluding carboxylic acids is 1. The molecule has 0 saturated heterocycles. The summed E-state index contributed by atoms with van der Waals surface area (Å²) in [6.07, 6.45) is 0. The molecule has 1 amide bonds. The van der Waals surface area contributed by atoms with E-state index >= 15 is 0 Å². The fraction of sp³-hybridized carbons (Fsp3) is 0.600. The fourth-order valence-electron chi connectivity index (χ4n) is 1.81. The number of ether oxygens (including phenoxy) is 1. The van der Waals surface area contributed by atoms with Gasteiger partial charge in [0.25, 0.3) is 0 Å². The van der Waals surface area contributed by atoms with Crippen LogP contribution in [-0.2, 0) is 29.2 Å². The van der Waals surface area contributed by atoms with Gasteiger partial charge in [0.05, 0.1) is 31.1 Å². The molecule has 0 aromatic carbocycles. The molecule has 0 radical (unpaired) electrons. The predicted molar refractivity (Wildman–Crippen MR) is 54.0 cm³/mol. The van der Waals surface area contributed by atoms with E-state index in [2.05, 4.69) is 5.10 Å². The van der Waals surface area contributed by atoms with Crippen molar-refractivity contribution in [1.82, 2.24) is 14.7 Å². The minimum Gasteiger partial charge on any atom is -0.378 e. The molecule has 5 nitrogen and oxygen atoms in total. The number of fused-ring (bicyclic) bond motifs is 1. The lowest BCUT2D eigenvalue weighted by atomic mass is 10.3. The quantitative estimate of drug-likeness (QED) is 0.708. The van der Waals surface area contributed by atoms with E-state index in [1.807, 2.05) is 15.6 Å². The molecule has 82 valence electrons. The summed E-state index contributed by atoms with van der Waals surface area (Å²) in [6, 6.07) is 2.00. The van der Waals surface area contributed by atoms with Crippen molar-refractivity contribution < 1.29 is 9.53 Å². The lowest BCUT2D eigenvalue weighted by molar-refractivity contribution is -0.130. The average molecular weight is 209 g/mol. The number of carbonyl (C=O) groups is 1. The van der Waals surface area contributed by atoms with Crippen LogP contribution in [0.5, 0.6) is 0 Å². The molecule has 2 rings (SSSR count). The van der Waals surface area contributed by atoms with Gasteiger partial charge in [0.1, 0.15) is 0 Å². The van der Waals surface area contributed by atoms with Crippen LogP contribution >= 0.6 is 0 Å². The van der Waals surface area contributed by atoms with E-state index in [0.717, 1.165) is 24.5 Å². The van der Waals surface area contributed by atoms with E-state index in [4.69, 9.17) is 4.74 Å². The van der Waals surface area contributed by atoms with Crippen LogP contribution in [0, 0.1) is 0 Å². The maximum absolute atomic E-state index is 11.2. The molecule has 0 aliphatic carbocycles. The van der Waals surface area contributed by atoms with Gasteiger partial charge in [-0.3, -0.25) is 9.48 Å². The smallest absolute Gasteiger partial charge is 0.219 e. The van der Waals surface area contributed by atoms with Gasteiger partial charge in [0, 0.05) is 20.6 Å². The summed E-state index contributed by atoms with van der Waals surface area (Å²) >= 11 is 0. The van der Waals surface area contributed by atoms with Gasteiger partial charge in [-0.25, -0.2) is 0 Å². The van der Waals surface area contributed by atoms with Crippen LogP contribution in [0.15, 0.2) is 6.07 Å². The summed E-state index contributed by atoms with van der Waals surface area (Å²) in [5.74, 6) is 0.121. The van der Waals surface area contributed by atoms with Gasteiger partial charge in [-0.1, -0.05) is 0 Å². The molecule has 2 heterocycles. The first-order valence-corrected chi connectivity index (χ1v) is 5.01. The van der Waals surface area contributed by atoms with Crippen LogP contribution in [-0.4, -0.2) is 34.2 Å². The molecule has 0 fully saturated rings. The molecule has 1 aliphatic heterocycles. The Kier molecular flexibility index (Phi) is 2.73. The van der Waals surface area contributed by atoms with Crippen LogP contribution in [0.1, 0.15) is 18.3 Å². The molecule has 0 saturated carbocycles. The number of hydrogen-bond acceptors (Lipinski definition) is 3. The highest BCUT2D eigenvalue weighted by Gasteiger charge is 2.19. The molecule has 0 spiro atoms. The summed E-state index contributed by atoms with van der Waals surface area (Å²) in [6.45, 7) is 4.31. The molecule has 1 aromatic rings. The Balaban J connectivity index is 2.15. The SMILES string of the molecule is COCc1cc2n(n1)CCN(C(C)=O)C2. The highest BCUT2D eigenvalue weighted by molar-refractivity contribution is 5.73. The van der Waals surface area contributed by atoms with Gasteiger partial charge in [-0.2, -0.15) is 5.10 Å². The number of nitrogens with zero attached hydrogens (tertiary/aromatic N) is 3. The minimum atomic E-state index is 0.121. The Morgan fingerprint density at radius 3 is 3.07 bits per heavy atom. The molecule has 15 heavy (non-hydrogen) atoms. The maximum atomic E-state index is 11.2. The van der Waals surface area contributed by atoms with Crippen LogP contribution in [0.25, 0.3) is 0 Å². The summed E-state index contributed by atoms with van der Waals surface area (Å²) < 4.78 is 6.98. The first-order valence-electron chi connectivity index (χ1n) is 5.01. The van der Waals surface area contributed by atoms with Gasteiger partial charge < -0.3 is 9.64 Å². The van der Waals surface area contributed by atoms with Crippen molar-refractivity contribution in [3.05, 3.63) is 17.5 Å². The van der Waals surface area contributed by atoms with E-state index in [1.54, 1.807) is 14.0 Å². The Labute approximate surface area is 88.6 Å². The zero-order valence-corrected chi connectivity index (χ0v) is 9.06. The number of methoxy groups -OCH3 is 1. The Morgan fingerprint density at radius 1 is 1.60 bits per heavy atom. The van der Waals surface area contributed by atoms with Crippen LogP contribution < -0.4 is 0 Å². The standard InChI is InChI=1S/C10H15N3O2/c1-8(14)12-3-4-13-10(6-12)5-9(11-13)7-15-2/h5H,3-4,6-7H2,1-2H3. The van der Waals surface area contributed by atoms with Crippen molar-refractivity contribution in [2.75, 3.05) is 13.7 Å². The molecule has 5 heteroatoms. The van der Waals surface area contributed by atoms with Gasteiger partial charge in [-0.05, 0) is 6.07 Å². The predicted octanol–water partition coefficient (Wildman–Crippen LogP) is 0.392. The minimum absolute atomic E-state index is 0.121. The first-order chi connectivity index (χ1) is 7.20. The van der Waals surface area contributed by atoms with Gasteiger partial charge in [0.15, 0.2) is 0 Å². The molecular weight excluding hydrogens is 194 g/mol. The summed E-state index contributed by atoms with van der Waals surface area (Å²) in [4.78, 5) is 13.0. The molecule has 0 N–H and O–H groups in total. The third-order valence-corrected chi connectivity index (χ3v) is 2.59. The largest absolute Gasteiger partial charge is 0.378 e. The van der Waals surface area contributed by atoms with E-state index in [0.29, 0.717) is 13.2 Å². The topological polar surface area (TPSA) is 47.4 Å². The summed E-state index contributed by atoms with van der Waals surface area (Å²) in [5.41, 5.74) is 2.02. The maximum Gasteiger partial charge on any atom is 0.219 e. The van der Waals surface area contributed by atoms with Crippen molar-refractivity contribution in [1.29, 1.82) is 0 Å². The van der Waals surface area contributed by atoms with Crippen molar-refractivity contribution in [2.24, 2.45) is 0 Å². The second-order valence-electron chi connectivity index (χ2n) is 3.72. The lowest BCUT2D eigenvalue weighted by Gasteiger charge is -2.26. The number of amides is 1. The van der Waals surface area contributed by atoms with Crippen LogP contribution in [0.2, 0.25) is 0 Å². The van der Waals surface area contributed by atoms with E-state index in [-0.39, 0.29) is 5.91 Å². The zero-order chi connectivity index (χ0) is 10.8. The fourth-order valence-corrected chi connectivity index (χ4v) is 1.81. The average Bonchev–Trinajstić information content (AvgIpc) is 2.59. The van der Waals surface area contributed by atoms with Gasteiger partial charge >= 0.3 is 0 Å². The third-order valence-electron chi connectivity index (χ3n) is 2.59. The zero-order valence-electron chi connectivity index (χ0n) is 9.06. The Hall–Kier alpha value is -1.36. The van der Waals surface area contributed by atoms with E-state index in [9.17, 15) is 4.79 Å². The lowest BCUT2D eigenvalue weighted by Crippen LogP contribution is -2.36. The monoisotopic (exact) mass is 209 g/mol. The number of hydrogen-bond donors (Lipinski definition) is 0. The number of rotatable bonds is 2. The highest BCUT2D eigenvalue weighted by Crippen LogP contribution is 2.14. The van der Waals surface area contributed by atoms with E-state index < -0.39 is 0 Å². The molecule has 1 aliphatic rings. The molecule has 1 aromatic heterocycles. The van der Waals surface area contributed by atoms with Crippen molar-refractivity contribution in [2.45, 2.75) is 26.6 Å². The van der Waals surface area contributed by atoms with Gasteiger partial charge in [0.2, 0.25) is 5.91 Å². The summed E-state index contributed by atoms with van der Waals surface area (Å²) in [5, 5.41) is 4.39. The Bertz CT molecular complexity index is 373. The Morgan fingerprint density at radius 2 is 2.40 bits per heavy atom. The van der Waals surface area contributed by atoms with Crippen molar-refractivity contribution in [3.63, 3.8) is 0 Å². The normalized spacial score (nSPS) is 15.2. The molecule has 0 unspecified atom stereocenters. The third kappa shape index (κ3) is 2.02. The van der Waals surface area contributed by atoms with Crippen molar-refractivity contribution in [3.8, 4) is 0 Å². The van der Waals surface area contributed by atoms with Crippen molar-refractivity contribution >= 4 is 5.91 Å². The van der Waals surface area contributed by atoms with Gasteiger partial charge in [-0.15, -0.1) is 0 Å². The second kappa shape index (κ2) is 4.02. The highest BCUT2D eigenvalue weighted by atomic mass is 16.5. The molecular formula is C10H15N3O2. The van der Waals surface area contributed by atoms with Crippen LogP contribution in [0.4, 0.5) is 0 Å². The summed E-state index contributed by atoms with van der Waals surface area (Å²) in [7, 11) is 1.65. The first kappa shape index (κ1) is 10.2. The van der Waals surface area contributed by atoms with E-state index in [1.165, 1.54) is 0 Å².